The molecule has 0 radical (unpaired) electrons. The van der Waals surface area contributed by atoms with Crippen molar-refractivity contribution in [2.75, 3.05) is 11.1 Å². The van der Waals surface area contributed by atoms with Crippen LogP contribution in [0.2, 0.25) is 5.02 Å². The van der Waals surface area contributed by atoms with Gasteiger partial charge >= 0.3 is 6.08 Å². The number of rotatable bonds is 8. The Hall–Kier alpha value is -5.73. The topological polar surface area (TPSA) is 242 Å². The third-order valence-corrected chi connectivity index (χ3v) is 10.1. The average Bonchev–Trinajstić information content (AvgIpc) is 3.06. The summed E-state index contributed by atoms with van der Waals surface area (Å²) in [4.78, 5) is 5.07. The lowest BCUT2D eigenvalue weighted by Crippen LogP contribution is -2.02. The lowest BCUT2D eigenvalue weighted by Gasteiger charge is -2.14. The molecule has 0 aliphatic carbocycles. The number of fused-ring (bicyclic) bond motifs is 2. The number of aryl methyl sites for hydroxylation is 3. The number of nitrogens with two attached hydrogens (primary N) is 1. The summed E-state index contributed by atoms with van der Waals surface area (Å²) in [6.07, 6.45) is -1.37. The van der Waals surface area contributed by atoms with Crippen LogP contribution in [0.5, 0.6) is 5.75 Å². The van der Waals surface area contributed by atoms with Crippen molar-refractivity contribution in [3.8, 4) is 5.75 Å². The van der Waals surface area contributed by atoms with Gasteiger partial charge < -0.3 is 16.2 Å². The minimum Gasteiger partial charge on any atom is -0.505 e. The van der Waals surface area contributed by atoms with Gasteiger partial charge in [-0.2, -0.15) is 40.7 Å². The number of aromatic nitrogens is 2. The van der Waals surface area contributed by atoms with Crippen molar-refractivity contribution in [1.29, 1.82) is 0 Å². The largest absolute Gasteiger partial charge is 0.505 e. The van der Waals surface area contributed by atoms with Crippen LogP contribution in [0.3, 0.4) is 0 Å². The van der Waals surface area contributed by atoms with Crippen molar-refractivity contribution in [2.24, 2.45) is 20.5 Å². The molecule has 53 heavy (non-hydrogen) atoms. The number of anilines is 3. The Morgan fingerprint density at radius 2 is 1.47 bits per heavy atom. The van der Waals surface area contributed by atoms with Crippen LogP contribution in [0.1, 0.15) is 16.7 Å². The summed E-state index contributed by atoms with van der Waals surface area (Å²) < 4.78 is 97.6. The molecule has 15 nitrogen and oxygen atoms in total. The number of nitrogens with zero attached hydrogens (tertiary/aromatic N) is 6. The summed E-state index contributed by atoms with van der Waals surface area (Å²) in [5, 5.41) is 30.3. The van der Waals surface area contributed by atoms with Crippen molar-refractivity contribution in [2.45, 2.75) is 30.6 Å². The van der Waals surface area contributed by atoms with Crippen molar-refractivity contribution >= 4 is 93.3 Å². The number of nitrogen functional groups attached to an aromatic ring is 1. The van der Waals surface area contributed by atoms with Crippen LogP contribution >= 0.6 is 11.6 Å². The van der Waals surface area contributed by atoms with Gasteiger partial charge in [0, 0.05) is 11.1 Å². The van der Waals surface area contributed by atoms with E-state index in [1.807, 2.05) is 6.92 Å². The second-order valence-electron chi connectivity index (χ2n) is 11.7. The van der Waals surface area contributed by atoms with Crippen LogP contribution in [-0.4, -0.2) is 41.0 Å². The molecule has 272 valence electrons. The second-order valence-corrected chi connectivity index (χ2v) is 14.8. The molecule has 0 aliphatic rings. The number of nitrogens with one attached hydrogen (secondary N) is 1. The third kappa shape index (κ3) is 7.32. The minimum atomic E-state index is -5.00. The van der Waals surface area contributed by atoms with E-state index in [2.05, 4.69) is 35.7 Å². The fraction of sp³-hybridized carbons (Fsp3) is 0.0909. The first-order valence-electron chi connectivity index (χ1n) is 15.0. The summed E-state index contributed by atoms with van der Waals surface area (Å²) in [5.41, 5.74) is 6.81. The first kappa shape index (κ1) is 37.0. The fourth-order valence-corrected chi connectivity index (χ4v) is 7.11. The summed E-state index contributed by atoms with van der Waals surface area (Å²) in [7, 11) is -9.80. The Kier molecular flexibility index (Phi) is 9.56. The third-order valence-electron chi connectivity index (χ3n) is 7.95. The molecule has 6 rings (SSSR count). The Morgan fingerprint density at radius 1 is 0.774 bits per heavy atom. The Balaban J connectivity index is 1.46. The SMILES string of the molecule is Cc1ccc2c(S(=O)(=O)O)c(N=Nc3c(C)cc4cc(S(=O)(=O)O)c(N=Nc5cc(Nc6nc(F)nc(F)c6Cl)ccc5C)c(N)c4c3O)ccc2c1. The predicted molar refractivity (Wildman–Crippen MR) is 193 cm³/mol. The van der Waals surface area contributed by atoms with E-state index in [0.717, 1.165) is 11.6 Å². The maximum atomic E-state index is 13.9. The monoisotopic (exact) mass is 782 g/mol. The van der Waals surface area contributed by atoms with E-state index in [0.29, 0.717) is 10.9 Å². The van der Waals surface area contributed by atoms with Gasteiger partial charge in [0.1, 0.15) is 31.9 Å². The number of aromatic hydroxyl groups is 1. The van der Waals surface area contributed by atoms with E-state index in [1.165, 1.54) is 37.3 Å². The van der Waals surface area contributed by atoms with Gasteiger partial charge in [-0.15, -0.1) is 15.3 Å². The lowest BCUT2D eigenvalue weighted by molar-refractivity contribution is 0.480. The summed E-state index contributed by atoms with van der Waals surface area (Å²) in [6.45, 7) is 4.93. The number of hydrogen-bond acceptors (Lipinski definition) is 13. The Morgan fingerprint density at radius 3 is 2.17 bits per heavy atom. The minimum absolute atomic E-state index is 0.0475. The quantitative estimate of drug-likeness (QED) is 0.0321. The molecule has 0 unspecified atom stereocenters. The summed E-state index contributed by atoms with van der Waals surface area (Å²) in [6, 6.07) is 14.6. The van der Waals surface area contributed by atoms with Crippen molar-refractivity contribution in [3.05, 3.63) is 94.4 Å². The number of phenols is 1. The molecule has 0 spiro atoms. The van der Waals surface area contributed by atoms with Gasteiger partial charge in [-0.3, -0.25) is 9.11 Å². The highest BCUT2D eigenvalue weighted by Gasteiger charge is 2.25. The van der Waals surface area contributed by atoms with Gasteiger partial charge in [0.2, 0.25) is 5.95 Å². The fourth-order valence-electron chi connectivity index (χ4n) is 5.47. The number of phenolic OH excluding ortho intramolecular Hbond substituents is 1. The molecule has 0 fully saturated rings. The van der Waals surface area contributed by atoms with E-state index in [9.17, 15) is 39.8 Å². The molecular formula is C33H25ClF2N8O7S2. The molecule has 0 amide bonds. The van der Waals surface area contributed by atoms with Gasteiger partial charge in [-0.25, -0.2) is 0 Å². The summed E-state index contributed by atoms with van der Waals surface area (Å²) in [5.74, 6) is -2.29. The van der Waals surface area contributed by atoms with Crippen LogP contribution < -0.4 is 11.1 Å². The van der Waals surface area contributed by atoms with Crippen LogP contribution in [0.25, 0.3) is 21.5 Å². The molecule has 6 N–H and O–H groups in total. The van der Waals surface area contributed by atoms with E-state index >= 15 is 0 Å². The van der Waals surface area contributed by atoms with Gasteiger partial charge in [-0.1, -0.05) is 47.5 Å². The van der Waals surface area contributed by atoms with E-state index in [1.54, 1.807) is 31.2 Å². The van der Waals surface area contributed by atoms with Crippen LogP contribution in [0.15, 0.2) is 90.9 Å². The smallest absolute Gasteiger partial charge is 0.313 e. The molecular weight excluding hydrogens is 758 g/mol. The molecule has 5 aromatic carbocycles. The van der Waals surface area contributed by atoms with Crippen LogP contribution in [-0.2, 0) is 20.2 Å². The van der Waals surface area contributed by atoms with Crippen molar-refractivity contribution in [3.63, 3.8) is 0 Å². The molecule has 20 heteroatoms. The average molecular weight is 783 g/mol. The molecule has 0 saturated carbocycles. The van der Waals surface area contributed by atoms with E-state index in [-0.39, 0.29) is 50.3 Å². The number of hydrogen-bond donors (Lipinski definition) is 5. The van der Waals surface area contributed by atoms with Gasteiger partial charge in [0.05, 0.1) is 16.8 Å². The van der Waals surface area contributed by atoms with Gasteiger partial charge in [0.25, 0.3) is 20.2 Å². The molecule has 1 heterocycles. The maximum absolute atomic E-state index is 13.9. The van der Waals surface area contributed by atoms with Gasteiger partial charge in [0.15, 0.2) is 11.6 Å². The predicted octanol–water partition coefficient (Wildman–Crippen LogP) is 9.00. The standard InChI is InChI=1S/C33H25ClF2N8O7S2/c1-14-4-8-20-17(10-14)6-9-21(30(20)53(49,50)51)41-43-27-16(3)11-18-12-23(52(46,47)48)28(26(37)24(18)29(27)45)44-42-22-13-19(7-5-15(22)2)38-32-25(34)31(35)39-33(36)40-32/h4-13,45H,37H2,1-3H3,(H,38,39,40)(H,46,47,48)(H,49,50,51). The number of azo groups is 2. The highest BCUT2D eigenvalue weighted by Crippen LogP contribution is 2.47. The first-order valence-corrected chi connectivity index (χ1v) is 18.3. The number of halogens is 3. The molecule has 0 atom stereocenters. The highest BCUT2D eigenvalue weighted by atomic mass is 35.5. The van der Waals surface area contributed by atoms with E-state index in [4.69, 9.17) is 17.3 Å². The van der Waals surface area contributed by atoms with Crippen LogP contribution in [0.4, 0.5) is 48.7 Å². The van der Waals surface area contributed by atoms with Gasteiger partial charge in [-0.05, 0) is 73.0 Å². The van der Waals surface area contributed by atoms with Crippen molar-refractivity contribution < 1.29 is 39.8 Å². The van der Waals surface area contributed by atoms with Crippen LogP contribution in [0, 0.1) is 32.8 Å². The zero-order valence-corrected chi connectivity index (χ0v) is 29.8. The van der Waals surface area contributed by atoms with Crippen molar-refractivity contribution in [1.82, 2.24) is 9.97 Å². The van der Waals surface area contributed by atoms with E-state index < -0.39 is 64.2 Å². The summed E-state index contributed by atoms with van der Waals surface area (Å²) >= 11 is 5.85. The maximum Gasteiger partial charge on any atom is 0.313 e. The lowest BCUT2D eigenvalue weighted by atomic mass is 10.0. The molecule has 6 aromatic rings. The molecule has 1 aromatic heterocycles. The molecule has 0 aliphatic heterocycles. The normalized spacial score (nSPS) is 12.5. The Labute approximate surface area is 304 Å². The molecule has 0 bridgehead atoms. The zero-order chi connectivity index (χ0) is 38.6. The second kappa shape index (κ2) is 13.7. The Bertz CT molecular complexity index is 2820. The first-order chi connectivity index (χ1) is 24.8. The number of benzene rings is 5. The zero-order valence-electron chi connectivity index (χ0n) is 27.5. The molecule has 0 saturated heterocycles. The highest BCUT2D eigenvalue weighted by molar-refractivity contribution is 7.86.